The molecule has 0 N–H and O–H groups in total. The Morgan fingerprint density at radius 1 is 0.404 bits per heavy atom. The van der Waals surface area contributed by atoms with Crippen molar-refractivity contribution in [1.82, 2.24) is 0 Å². The van der Waals surface area contributed by atoms with Gasteiger partial charge in [0.05, 0.1) is 0 Å². The van der Waals surface area contributed by atoms with Gasteiger partial charge in [0.25, 0.3) is 0 Å². The fourth-order valence-electron chi connectivity index (χ4n) is 6.36. The lowest BCUT2D eigenvalue weighted by atomic mass is 10.1. The quantitative estimate of drug-likeness (QED) is 0.0270. The van der Waals surface area contributed by atoms with E-state index in [2.05, 4.69) is 45.1 Å². The average Bonchev–Trinajstić information content (AvgIpc) is 3.14. The normalized spacial score (nSPS) is 12.1. The predicted molar refractivity (Wildman–Crippen MR) is 219 cm³/mol. The molecular weight excluding hydrogens is 648 g/mol. The van der Waals surface area contributed by atoms with Gasteiger partial charge in [0.1, 0.15) is 13.2 Å². The zero-order valence-corrected chi connectivity index (χ0v) is 34.6. The first kappa shape index (κ1) is 49.9. The van der Waals surface area contributed by atoms with Gasteiger partial charge in [0.15, 0.2) is 6.10 Å². The highest BCUT2D eigenvalue weighted by Crippen LogP contribution is 2.15. The molecule has 1 unspecified atom stereocenters. The Kier molecular flexibility index (Phi) is 40.0. The van der Waals surface area contributed by atoms with E-state index in [4.69, 9.17) is 14.2 Å². The zero-order chi connectivity index (χ0) is 38.0. The summed E-state index contributed by atoms with van der Waals surface area (Å²) in [5, 5.41) is 0. The highest BCUT2D eigenvalue weighted by atomic mass is 16.6. The summed E-state index contributed by atoms with van der Waals surface area (Å²) >= 11 is 0. The minimum atomic E-state index is -0.765. The number of hydrogen-bond acceptors (Lipinski definition) is 6. The van der Waals surface area contributed by atoms with E-state index >= 15 is 0 Å². The lowest BCUT2D eigenvalue weighted by Crippen LogP contribution is -2.30. The Bertz CT molecular complexity index is 850. The SMILES string of the molecule is CC/C=C\C/C=C\CCCCCCCCCC(=O)OCC(COC(=O)CCCCCCCCCCCC)OC(=O)CCCCCCCCCCCC. The number of allylic oxidation sites excluding steroid dienone is 4. The number of carbonyl (C=O) groups excluding carboxylic acids is 3. The Hall–Kier alpha value is -2.11. The molecule has 0 spiro atoms. The monoisotopic (exact) mass is 733 g/mol. The number of rotatable bonds is 40. The standard InChI is InChI=1S/C46H84O6/c1-4-7-10-13-16-19-22-23-24-25-28-30-33-36-39-45(48)51-42-43(52-46(49)40-37-34-31-27-21-18-15-12-9-6-3)41-50-44(47)38-35-32-29-26-20-17-14-11-8-5-2/h7,10,16,19,43H,4-6,8-9,11-15,17-18,20-42H2,1-3H3/b10-7-,19-16-. The smallest absolute Gasteiger partial charge is 0.306 e. The van der Waals surface area contributed by atoms with E-state index in [1.807, 2.05) is 0 Å². The number of hydrogen-bond donors (Lipinski definition) is 0. The fraction of sp³-hybridized carbons (Fsp3) is 0.848. The molecule has 52 heavy (non-hydrogen) atoms. The Balaban J connectivity index is 4.33. The lowest BCUT2D eigenvalue weighted by molar-refractivity contribution is -0.167. The molecule has 0 fully saturated rings. The molecule has 1 atom stereocenters. The Morgan fingerprint density at radius 3 is 1.15 bits per heavy atom. The third kappa shape index (κ3) is 39.1. The molecule has 0 saturated carbocycles. The van der Waals surface area contributed by atoms with Gasteiger partial charge < -0.3 is 14.2 Å². The van der Waals surface area contributed by atoms with E-state index in [1.54, 1.807) is 0 Å². The summed E-state index contributed by atoms with van der Waals surface area (Å²) in [6.07, 6.45) is 44.4. The average molecular weight is 733 g/mol. The Morgan fingerprint density at radius 2 is 0.750 bits per heavy atom. The van der Waals surface area contributed by atoms with Crippen LogP contribution in [-0.4, -0.2) is 37.2 Å². The van der Waals surface area contributed by atoms with Crippen LogP contribution in [0.3, 0.4) is 0 Å². The van der Waals surface area contributed by atoms with Gasteiger partial charge in [-0.2, -0.15) is 0 Å². The van der Waals surface area contributed by atoms with Crippen LogP contribution in [0.2, 0.25) is 0 Å². The number of ether oxygens (including phenoxy) is 3. The van der Waals surface area contributed by atoms with Crippen LogP contribution in [0, 0.1) is 0 Å². The van der Waals surface area contributed by atoms with Crippen molar-refractivity contribution in [1.29, 1.82) is 0 Å². The molecule has 0 aliphatic rings. The minimum Gasteiger partial charge on any atom is -0.462 e. The molecule has 0 radical (unpaired) electrons. The molecule has 0 amide bonds. The molecule has 0 aliphatic carbocycles. The van der Waals surface area contributed by atoms with Crippen molar-refractivity contribution in [3.8, 4) is 0 Å². The topological polar surface area (TPSA) is 78.9 Å². The van der Waals surface area contributed by atoms with Crippen LogP contribution in [0.15, 0.2) is 24.3 Å². The first-order valence-corrected chi connectivity index (χ1v) is 22.3. The molecular formula is C46H84O6. The second-order valence-electron chi connectivity index (χ2n) is 14.9. The molecule has 0 rings (SSSR count). The summed E-state index contributed by atoms with van der Waals surface area (Å²) in [5.74, 6) is -0.877. The molecule has 0 saturated heterocycles. The van der Waals surface area contributed by atoms with Gasteiger partial charge >= 0.3 is 17.9 Å². The molecule has 0 bridgehead atoms. The third-order valence-electron chi connectivity index (χ3n) is 9.72. The third-order valence-corrected chi connectivity index (χ3v) is 9.72. The predicted octanol–water partition coefficient (Wildman–Crippen LogP) is 14.0. The van der Waals surface area contributed by atoms with Gasteiger partial charge in [-0.3, -0.25) is 14.4 Å². The van der Waals surface area contributed by atoms with Gasteiger partial charge in [-0.1, -0.05) is 193 Å². The molecule has 6 heteroatoms. The minimum absolute atomic E-state index is 0.0701. The van der Waals surface area contributed by atoms with Gasteiger partial charge in [-0.05, 0) is 44.9 Å². The summed E-state index contributed by atoms with van der Waals surface area (Å²) in [6, 6.07) is 0. The maximum Gasteiger partial charge on any atom is 0.306 e. The van der Waals surface area contributed by atoms with Crippen molar-refractivity contribution in [3.63, 3.8) is 0 Å². The summed E-state index contributed by atoms with van der Waals surface area (Å²) in [5.41, 5.74) is 0. The maximum atomic E-state index is 12.7. The van der Waals surface area contributed by atoms with E-state index in [0.717, 1.165) is 77.0 Å². The molecule has 6 nitrogen and oxygen atoms in total. The second kappa shape index (κ2) is 41.6. The molecule has 0 aromatic rings. The molecule has 0 aliphatic heterocycles. The van der Waals surface area contributed by atoms with E-state index in [9.17, 15) is 14.4 Å². The van der Waals surface area contributed by atoms with E-state index in [0.29, 0.717) is 19.3 Å². The number of esters is 3. The van der Waals surface area contributed by atoms with Crippen molar-refractivity contribution in [2.45, 2.75) is 239 Å². The van der Waals surface area contributed by atoms with Crippen LogP contribution in [0.5, 0.6) is 0 Å². The summed E-state index contributed by atoms with van der Waals surface area (Å²) in [7, 11) is 0. The van der Waals surface area contributed by atoms with Crippen LogP contribution in [0.4, 0.5) is 0 Å². The zero-order valence-electron chi connectivity index (χ0n) is 34.6. The fourth-order valence-corrected chi connectivity index (χ4v) is 6.36. The van der Waals surface area contributed by atoms with Crippen molar-refractivity contribution in [2.75, 3.05) is 13.2 Å². The largest absolute Gasteiger partial charge is 0.462 e. The summed E-state index contributed by atoms with van der Waals surface area (Å²) in [6.45, 7) is 6.50. The highest BCUT2D eigenvalue weighted by Gasteiger charge is 2.19. The summed E-state index contributed by atoms with van der Waals surface area (Å²) < 4.78 is 16.7. The van der Waals surface area contributed by atoms with Gasteiger partial charge in [-0.25, -0.2) is 0 Å². The second-order valence-corrected chi connectivity index (χ2v) is 14.9. The van der Waals surface area contributed by atoms with Crippen molar-refractivity contribution < 1.29 is 28.6 Å². The van der Waals surface area contributed by atoms with Crippen LogP contribution in [-0.2, 0) is 28.6 Å². The van der Waals surface area contributed by atoms with Gasteiger partial charge in [0.2, 0.25) is 0 Å². The maximum absolute atomic E-state index is 12.7. The van der Waals surface area contributed by atoms with Crippen LogP contribution in [0.25, 0.3) is 0 Å². The van der Waals surface area contributed by atoms with Crippen LogP contribution >= 0.6 is 0 Å². The van der Waals surface area contributed by atoms with Gasteiger partial charge in [-0.15, -0.1) is 0 Å². The van der Waals surface area contributed by atoms with E-state index in [-0.39, 0.29) is 31.1 Å². The van der Waals surface area contributed by atoms with Crippen molar-refractivity contribution >= 4 is 17.9 Å². The highest BCUT2D eigenvalue weighted by molar-refractivity contribution is 5.71. The molecule has 0 heterocycles. The molecule has 0 aromatic carbocycles. The lowest BCUT2D eigenvalue weighted by Gasteiger charge is -2.18. The summed E-state index contributed by atoms with van der Waals surface area (Å²) in [4.78, 5) is 37.6. The Labute approximate surface area is 322 Å². The molecule has 304 valence electrons. The van der Waals surface area contributed by atoms with E-state index in [1.165, 1.54) is 116 Å². The molecule has 0 aromatic heterocycles. The number of carbonyl (C=O) groups is 3. The first-order valence-electron chi connectivity index (χ1n) is 22.3. The number of unbranched alkanes of at least 4 members (excludes halogenated alkanes) is 25. The van der Waals surface area contributed by atoms with Gasteiger partial charge in [0, 0.05) is 19.3 Å². The van der Waals surface area contributed by atoms with Crippen molar-refractivity contribution in [3.05, 3.63) is 24.3 Å². The van der Waals surface area contributed by atoms with Crippen LogP contribution in [0.1, 0.15) is 233 Å². The van der Waals surface area contributed by atoms with E-state index < -0.39 is 6.10 Å². The first-order chi connectivity index (χ1) is 25.5. The van der Waals surface area contributed by atoms with Crippen molar-refractivity contribution in [2.24, 2.45) is 0 Å². The van der Waals surface area contributed by atoms with Crippen LogP contribution < -0.4 is 0 Å².